The zero-order valence-corrected chi connectivity index (χ0v) is 14.5. The van der Waals surface area contributed by atoms with Crippen LogP contribution in [0.4, 0.5) is 5.69 Å². The van der Waals surface area contributed by atoms with E-state index in [2.05, 4.69) is 5.43 Å². The number of rotatable bonds is 6. The molecule has 3 rings (SSSR count). The average molecular weight is 367 g/mol. The molecular weight excluding hydrogens is 350 g/mol. The maximum absolute atomic E-state index is 12.6. The molecule has 0 unspecified atom stereocenters. The van der Waals surface area contributed by atoms with Gasteiger partial charge in [-0.25, -0.2) is 5.01 Å². The van der Waals surface area contributed by atoms with Crippen molar-refractivity contribution >= 4 is 29.5 Å². The van der Waals surface area contributed by atoms with Crippen LogP contribution >= 0.6 is 0 Å². The highest BCUT2D eigenvalue weighted by Gasteiger charge is 2.34. The van der Waals surface area contributed by atoms with E-state index in [1.807, 2.05) is 6.07 Å². The van der Waals surface area contributed by atoms with E-state index in [9.17, 15) is 14.4 Å². The highest BCUT2D eigenvalue weighted by Crippen LogP contribution is 2.29. The SMILES string of the molecule is COc1cc(/C=C2\C(=O)NN(c3ccccc3)C2=O)ccc1OCC(N)=O. The van der Waals surface area contributed by atoms with E-state index < -0.39 is 17.7 Å². The number of para-hydroxylation sites is 1. The molecule has 3 N–H and O–H groups in total. The van der Waals surface area contributed by atoms with E-state index in [-0.39, 0.29) is 12.2 Å². The molecule has 0 spiro atoms. The van der Waals surface area contributed by atoms with Crippen LogP contribution in [0.3, 0.4) is 0 Å². The zero-order valence-electron chi connectivity index (χ0n) is 14.5. The van der Waals surface area contributed by atoms with Gasteiger partial charge in [-0.2, -0.15) is 0 Å². The Morgan fingerprint density at radius 2 is 1.89 bits per heavy atom. The van der Waals surface area contributed by atoms with Gasteiger partial charge >= 0.3 is 0 Å². The second-order valence-electron chi connectivity index (χ2n) is 5.64. The van der Waals surface area contributed by atoms with Gasteiger partial charge in [0.15, 0.2) is 18.1 Å². The third kappa shape index (κ3) is 3.90. The number of primary amides is 1. The molecule has 0 saturated carbocycles. The first kappa shape index (κ1) is 18.0. The predicted octanol–water partition coefficient (Wildman–Crippen LogP) is 1.02. The lowest BCUT2D eigenvalue weighted by molar-refractivity contribution is -0.120. The fourth-order valence-electron chi connectivity index (χ4n) is 2.53. The summed E-state index contributed by atoms with van der Waals surface area (Å²) in [6.45, 7) is -0.288. The number of anilines is 1. The van der Waals surface area contributed by atoms with Gasteiger partial charge in [0.25, 0.3) is 17.7 Å². The Kier molecular flexibility index (Phi) is 5.07. The number of ether oxygens (including phenoxy) is 2. The first-order valence-corrected chi connectivity index (χ1v) is 8.01. The number of carbonyl (C=O) groups is 3. The van der Waals surface area contributed by atoms with Crippen molar-refractivity contribution in [3.63, 3.8) is 0 Å². The van der Waals surface area contributed by atoms with Crippen LogP contribution in [-0.2, 0) is 14.4 Å². The first-order valence-electron chi connectivity index (χ1n) is 8.01. The van der Waals surface area contributed by atoms with Crippen LogP contribution in [0, 0.1) is 0 Å². The Labute approximate surface area is 155 Å². The van der Waals surface area contributed by atoms with Crippen molar-refractivity contribution in [1.82, 2.24) is 5.43 Å². The molecule has 2 aromatic rings. The Morgan fingerprint density at radius 3 is 2.56 bits per heavy atom. The van der Waals surface area contributed by atoms with Crippen molar-refractivity contribution in [3.05, 3.63) is 59.7 Å². The second kappa shape index (κ2) is 7.61. The quantitative estimate of drug-likeness (QED) is 0.585. The first-order chi connectivity index (χ1) is 13.0. The topological polar surface area (TPSA) is 111 Å². The predicted molar refractivity (Wildman–Crippen MR) is 97.7 cm³/mol. The molecule has 27 heavy (non-hydrogen) atoms. The lowest BCUT2D eigenvalue weighted by atomic mass is 10.1. The maximum Gasteiger partial charge on any atom is 0.282 e. The molecule has 3 amide bonds. The third-order valence-electron chi connectivity index (χ3n) is 3.77. The summed E-state index contributed by atoms with van der Waals surface area (Å²) < 4.78 is 10.5. The van der Waals surface area contributed by atoms with Crippen molar-refractivity contribution in [2.45, 2.75) is 0 Å². The monoisotopic (exact) mass is 367 g/mol. The van der Waals surface area contributed by atoms with Crippen LogP contribution in [0.15, 0.2) is 54.1 Å². The molecule has 0 radical (unpaired) electrons. The van der Waals surface area contributed by atoms with Crippen LogP contribution in [0.1, 0.15) is 5.56 Å². The van der Waals surface area contributed by atoms with E-state index >= 15 is 0 Å². The van der Waals surface area contributed by atoms with Crippen LogP contribution in [-0.4, -0.2) is 31.4 Å². The van der Waals surface area contributed by atoms with Crippen molar-refractivity contribution in [1.29, 1.82) is 0 Å². The summed E-state index contributed by atoms with van der Waals surface area (Å²) in [6, 6.07) is 13.6. The summed E-state index contributed by atoms with van der Waals surface area (Å²) >= 11 is 0. The molecule has 0 aliphatic carbocycles. The second-order valence-corrected chi connectivity index (χ2v) is 5.64. The number of hydrogen-bond donors (Lipinski definition) is 2. The third-order valence-corrected chi connectivity index (χ3v) is 3.77. The molecule has 8 heteroatoms. The summed E-state index contributed by atoms with van der Waals surface area (Å²) in [7, 11) is 1.44. The van der Waals surface area contributed by atoms with Crippen molar-refractivity contribution < 1.29 is 23.9 Å². The van der Waals surface area contributed by atoms with E-state index in [0.29, 0.717) is 22.7 Å². The molecule has 0 aromatic heterocycles. The minimum atomic E-state index is -0.613. The molecular formula is C19H17N3O5. The molecule has 138 valence electrons. The van der Waals surface area contributed by atoms with Crippen LogP contribution < -0.4 is 25.6 Å². The fraction of sp³-hybridized carbons (Fsp3) is 0.105. The van der Waals surface area contributed by atoms with Crippen LogP contribution in [0.5, 0.6) is 11.5 Å². The van der Waals surface area contributed by atoms with E-state index in [1.54, 1.807) is 42.5 Å². The van der Waals surface area contributed by atoms with Gasteiger partial charge in [0, 0.05) is 0 Å². The number of nitrogens with one attached hydrogen (secondary N) is 1. The van der Waals surface area contributed by atoms with Gasteiger partial charge in [-0.1, -0.05) is 24.3 Å². The highest BCUT2D eigenvalue weighted by atomic mass is 16.5. The summed E-state index contributed by atoms with van der Waals surface area (Å²) in [5.41, 5.74) is 8.71. The van der Waals surface area contributed by atoms with E-state index in [0.717, 1.165) is 0 Å². The number of nitrogens with two attached hydrogens (primary N) is 1. The zero-order chi connectivity index (χ0) is 19.4. The Morgan fingerprint density at radius 1 is 1.15 bits per heavy atom. The average Bonchev–Trinajstić information content (AvgIpc) is 2.95. The van der Waals surface area contributed by atoms with Gasteiger partial charge < -0.3 is 15.2 Å². The summed E-state index contributed by atoms with van der Waals surface area (Å²) in [5, 5.41) is 1.19. The molecule has 1 saturated heterocycles. The van der Waals surface area contributed by atoms with E-state index in [4.69, 9.17) is 15.2 Å². The van der Waals surface area contributed by atoms with Crippen LogP contribution in [0.2, 0.25) is 0 Å². The lowest BCUT2D eigenvalue weighted by Gasteiger charge is -2.13. The highest BCUT2D eigenvalue weighted by molar-refractivity contribution is 6.31. The van der Waals surface area contributed by atoms with Crippen molar-refractivity contribution in [3.8, 4) is 11.5 Å². The van der Waals surface area contributed by atoms with Gasteiger partial charge in [-0.05, 0) is 35.9 Å². The molecule has 8 nitrogen and oxygen atoms in total. The largest absolute Gasteiger partial charge is 0.493 e. The van der Waals surface area contributed by atoms with Gasteiger partial charge in [0.1, 0.15) is 5.57 Å². The molecule has 1 heterocycles. The molecule has 0 atom stereocenters. The minimum absolute atomic E-state index is 0.00768. The van der Waals surface area contributed by atoms with Gasteiger partial charge in [0.2, 0.25) is 0 Å². The summed E-state index contributed by atoms with van der Waals surface area (Å²) in [5.74, 6) is -0.906. The molecule has 2 aromatic carbocycles. The Hall–Kier alpha value is -3.81. The number of hydrazine groups is 1. The lowest BCUT2D eigenvalue weighted by Crippen LogP contribution is -2.35. The molecule has 1 aliphatic heterocycles. The number of carbonyl (C=O) groups excluding carboxylic acids is 3. The summed E-state index contributed by atoms with van der Waals surface area (Å²) in [6.07, 6.45) is 1.46. The Bertz CT molecular complexity index is 924. The number of amides is 3. The molecule has 1 fully saturated rings. The van der Waals surface area contributed by atoms with Crippen molar-refractivity contribution in [2.75, 3.05) is 18.7 Å². The number of hydrogen-bond acceptors (Lipinski definition) is 5. The summed E-state index contributed by atoms with van der Waals surface area (Å²) in [4.78, 5) is 35.7. The smallest absolute Gasteiger partial charge is 0.282 e. The van der Waals surface area contributed by atoms with Crippen LogP contribution in [0.25, 0.3) is 6.08 Å². The normalized spacial score (nSPS) is 15.0. The minimum Gasteiger partial charge on any atom is -0.493 e. The Balaban J connectivity index is 1.86. The van der Waals surface area contributed by atoms with Crippen molar-refractivity contribution in [2.24, 2.45) is 5.73 Å². The maximum atomic E-state index is 12.6. The van der Waals surface area contributed by atoms with Gasteiger partial charge in [-0.3, -0.25) is 19.8 Å². The van der Waals surface area contributed by atoms with Gasteiger partial charge in [0.05, 0.1) is 12.8 Å². The van der Waals surface area contributed by atoms with E-state index in [1.165, 1.54) is 18.2 Å². The standard InChI is InChI=1S/C19H17N3O5/c1-26-16-10-12(7-8-15(16)27-11-17(20)23)9-14-18(24)21-22(19(14)25)13-5-3-2-4-6-13/h2-10H,11H2,1H3,(H2,20,23)(H,21,24)/b14-9+. The van der Waals surface area contributed by atoms with Gasteiger partial charge in [-0.15, -0.1) is 0 Å². The number of benzene rings is 2. The number of methoxy groups -OCH3 is 1. The number of nitrogens with zero attached hydrogens (tertiary/aromatic N) is 1. The fourth-order valence-corrected chi connectivity index (χ4v) is 2.53. The molecule has 1 aliphatic rings. The molecule has 0 bridgehead atoms.